The van der Waals surface area contributed by atoms with E-state index in [2.05, 4.69) is 36.4 Å². The van der Waals surface area contributed by atoms with Gasteiger partial charge in [0.15, 0.2) is 0 Å². The molecule has 1 heterocycles. The number of hydrogen-bond acceptors (Lipinski definition) is 6. The first-order valence-corrected chi connectivity index (χ1v) is 10.0. The quantitative estimate of drug-likeness (QED) is 0.373. The van der Waals surface area contributed by atoms with E-state index in [1.54, 1.807) is 6.20 Å². The van der Waals surface area contributed by atoms with Crippen molar-refractivity contribution in [3.8, 4) is 5.75 Å². The van der Waals surface area contributed by atoms with Gasteiger partial charge < -0.3 is 25.4 Å². The Balaban J connectivity index is 0.000000512. The van der Waals surface area contributed by atoms with E-state index in [-0.39, 0.29) is 0 Å². The summed E-state index contributed by atoms with van der Waals surface area (Å²) in [5.74, 6) is -1.72. The second kappa shape index (κ2) is 14.8. The number of rotatable bonds is 12. The van der Waals surface area contributed by atoms with E-state index in [1.807, 2.05) is 29.1 Å². The van der Waals surface area contributed by atoms with Gasteiger partial charge in [-0.05, 0) is 36.6 Å². The number of carboxylic acids is 2. The molecule has 2 aromatic rings. The molecule has 0 saturated heterocycles. The summed E-state index contributed by atoms with van der Waals surface area (Å²) in [6, 6.07) is 10.4. The fraction of sp³-hybridized carbons (Fsp3) is 0.409. The van der Waals surface area contributed by atoms with E-state index in [9.17, 15) is 14.7 Å². The molecule has 1 unspecified atom stereocenters. The zero-order valence-electron chi connectivity index (χ0n) is 17.8. The van der Waals surface area contributed by atoms with Crippen LogP contribution in [-0.4, -0.2) is 62.3 Å². The fourth-order valence-electron chi connectivity index (χ4n) is 2.40. The Hall–Kier alpha value is -3.17. The summed E-state index contributed by atoms with van der Waals surface area (Å²) < 4.78 is 7.56. The van der Waals surface area contributed by atoms with Crippen LogP contribution in [0.3, 0.4) is 0 Å². The third-order valence-electron chi connectivity index (χ3n) is 3.91. The lowest BCUT2D eigenvalue weighted by atomic mass is 10.1. The number of ether oxygens (including phenoxy) is 1. The standard InChI is InChI=1S/C18H27N3O2.C4H4O4/c1-15(2)19-13-17(22)14-23-18-8-6-16(7-9-18)5-3-11-21-12-4-10-20-21;5-3(6)1-2-4(7)8/h4,6-10,12,15,17,19,22H,3,5,11,13-14H2,1-2H3;1-2H,(H,5,6)(H,7,8)/b;2-1-. The van der Waals surface area contributed by atoms with Crippen LogP contribution in [-0.2, 0) is 22.6 Å². The topological polar surface area (TPSA) is 134 Å². The lowest BCUT2D eigenvalue weighted by Crippen LogP contribution is -2.35. The highest BCUT2D eigenvalue weighted by molar-refractivity contribution is 5.89. The van der Waals surface area contributed by atoms with Gasteiger partial charge in [0.1, 0.15) is 18.5 Å². The molecule has 0 aliphatic heterocycles. The summed E-state index contributed by atoms with van der Waals surface area (Å²) in [6.45, 7) is 5.89. The Labute approximate surface area is 182 Å². The van der Waals surface area contributed by atoms with E-state index >= 15 is 0 Å². The van der Waals surface area contributed by atoms with Crippen LogP contribution in [0.5, 0.6) is 5.75 Å². The minimum absolute atomic E-state index is 0.304. The highest BCUT2D eigenvalue weighted by atomic mass is 16.5. The molecule has 0 saturated carbocycles. The highest BCUT2D eigenvalue weighted by Crippen LogP contribution is 2.14. The molecule has 1 aromatic heterocycles. The van der Waals surface area contributed by atoms with Crippen molar-refractivity contribution in [3.63, 3.8) is 0 Å². The van der Waals surface area contributed by atoms with Crippen molar-refractivity contribution in [1.29, 1.82) is 0 Å². The van der Waals surface area contributed by atoms with Crippen molar-refractivity contribution in [2.24, 2.45) is 0 Å². The molecule has 0 fully saturated rings. The molecular weight excluding hydrogens is 402 g/mol. The number of hydrogen-bond donors (Lipinski definition) is 4. The first-order chi connectivity index (χ1) is 14.8. The Morgan fingerprint density at radius 3 is 2.32 bits per heavy atom. The van der Waals surface area contributed by atoms with E-state index in [1.165, 1.54) is 5.56 Å². The van der Waals surface area contributed by atoms with Gasteiger partial charge in [-0.25, -0.2) is 9.59 Å². The van der Waals surface area contributed by atoms with Gasteiger partial charge in [-0.3, -0.25) is 4.68 Å². The van der Waals surface area contributed by atoms with Crippen molar-refractivity contribution >= 4 is 11.9 Å². The number of aryl methyl sites for hydroxylation is 2. The smallest absolute Gasteiger partial charge is 0.328 e. The van der Waals surface area contributed by atoms with Crippen LogP contribution in [0.1, 0.15) is 25.8 Å². The average molecular weight is 434 g/mol. The molecular formula is C22H31N3O6. The molecule has 4 N–H and O–H groups in total. The van der Waals surface area contributed by atoms with Crippen LogP contribution in [0.2, 0.25) is 0 Å². The van der Waals surface area contributed by atoms with Gasteiger partial charge in [-0.2, -0.15) is 5.10 Å². The lowest BCUT2D eigenvalue weighted by Gasteiger charge is -2.15. The Bertz CT molecular complexity index is 772. The number of carboxylic acid groups (broad SMARTS) is 2. The molecule has 9 heteroatoms. The molecule has 31 heavy (non-hydrogen) atoms. The SMILES string of the molecule is CC(C)NCC(O)COc1ccc(CCCn2cccn2)cc1.O=C(O)/C=C\C(=O)O. The predicted molar refractivity (Wildman–Crippen MR) is 116 cm³/mol. The Kier molecular flexibility index (Phi) is 12.3. The first-order valence-electron chi connectivity index (χ1n) is 10.0. The van der Waals surface area contributed by atoms with Crippen molar-refractivity contribution in [1.82, 2.24) is 15.1 Å². The number of benzene rings is 1. The Morgan fingerprint density at radius 1 is 1.16 bits per heavy atom. The van der Waals surface area contributed by atoms with E-state index in [4.69, 9.17) is 14.9 Å². The van der Waals surface area contributed by atoms with Crippen LogP contribution < -0.4 is 10.1 Å². The molecule has 0 bridgehead atoms. The van der Waals surface area contributed by atoms with Crippen molar-refractivity contribution in [3.05, 3.63) is 60.4 Å². The predicted octanol–water partition coefficient (Wildman–Crippen LogP) is 1.97. The molecule has 0 amide bonds. The maximum atomic E-state index is 9.82. The number of nitrogens with zero attached hydrogens (tertiary/aromatic N) is 2. The molecule has 170 valence electrons. The maximum Gasteiger partial charge on any atom is 0.328 e. The summed E-state index contributed by atoms with van der Waals surface area (Å²) in [6.07, 6.45) is 6.48. The maximum absolute atomic E-state index is 9.82. The zero-order valence-corrected chi connectivity index (χ0v) is 17.8. The minimum Gasteiger partial charge on any atom is -0.491 e. The number of aliphatic hydroxyl groups excluding tert-OH is 1. The van der Waals surface area contributed by atoms with Crippen molar-refractivity contribution in [2.75, 3.05) is 13.2 Å². The summed E-state index contributed by atoms with van der Waals surface area (Å²) in [4.78, 5) is 19.1. The third-order valence-corrected chi connectivity index (χ3v) is 3.91. The van der Waals surface area contributed by atoms with E-state index in [0.29, 0.717) is 31.3 Å². The number of aliphatic carboxylic acids is 2. The van der Waals surface area contributed by atoms with Crippen LogP contribution in [0.4, 0.5) is 0 Å². The minimum atomic E-state index is -1.26. The largest absolute Gasteiger partial charge is 0.491 e. The Morgan fingerprint density at radius 2 is 1.81 bits per heavy atom. The molecule has 1 atom stereocenters. The van der Waals surface area contributed by atoms with Crippen molar-refractivity contribution in [2.45, 2.75) is 45.4 Å². The van der Waals surface area contributed by atoms with Crippen molar-refractivity contribution < 1.29 is 29.6 Å². The number of nitrogens with one attached hydrogen (secondary N) is 1. The van der Waals surface area contributed by atoms with Gasteiger partial charge in [0.2, 0.25) is 0 Å². The molecule has 0 aliphatic carbocycles. The highest BCUT2D eigenvalue weighted by Gasteiger charge is 2.06. The van der Waals surface area contributed by atoms with Crippen LogP contribution in [0.15, 0.2) is 54.9 Å². The molecule has 0 aliphatic rings. The molecule has 0 radical (unpaired) electrons. The monoisotopic (exact) mass is 433 g/mol. The van der Waals surface area contributed by atoms with E-state index in [0.717, 1.165) is 25.1 Å². The summed E-state index contributed by atoms with van der Waals surface area (Å²) in [5, 5.41) is 32.8. The third kappa shape index (κ3) is 13.6. The number of aromatic nitrogens is 2. The van der Waals surface area contributed by atoms with Gasteiger partial charge in [0, 0.05) is 43.7 Å². The van der Waals surface area contributed by atoms with Crippen LogP contribution in [0.25, 0.3) is 0 Å². The summed E-state index contributed by atoms with van der Waals surface area (Å²) >= 11 is 0. The molecule has 0 spiro atoms. The van der Waals surface area contributed by atoms with E-state index < -0.39 is 18.0 Å². The normalized spacial score (nSPS) is 11.7. The number of carbonyl (C=O) groups is 2. The van der Waals surface area contributed by atoms with Crippen LogP contribution >= 0.6 is 0 Å². The van der Waals surface area contributed by atoms with Gasteiger partial charge in [0.05, 0.1) is 0 Å². The second-order valence-electron chi connectivity index (χ2n) is 7.05. The summed E-state index contributed by atoms with van der Waals surface area (Å²) in [7, 11) is 0. The second-order valence-corrected chi connectivity index (χ2v) is 7.05. The van der Waals surface area contributed by atoms with Gasteiger partial charge >= 0.3 is 11.9 Å². The summed E-state index contributed by atoms with van der Waals surface area (Å²) in [5.41, 5.74) is 1.28. The molecule has 2 rings (SSSR count). The van der Waals surface area contributed by atoms with Gasteiger partial charge in [-0.15, -0.1) is 0 Å². The van der Waals surface area contributed by atoms with Gasteiger partial charge in [-0.1, -0.05) is 26.0 Å². The van der Waals surface area contributed by atoms with Gasteiger partial charge in [0.25, 0.3) is 0 Å². The average Bonchev–Trinajstić information content (AvgIpc) is 3.24. The zero-order chi connectivity index (χ0) is 23.1. The molecule has 9 nitrogen and oxygen atoms in total. The first kappa shape index (κ1) is 25.9. The number of aliphatic hydroxyl groups is 1. The lowest BCUT2D eigenvalue weighted by molar-refractivity contribution is -0.134. The fourth-order valence-corrected chi connectivity index (χ4v) is 2.40. The molecule has 1 aromatic carbocycles. The van der Waals surface area contributed by atoms with Crippen LogP contribution in [0, 0.1) is 0 Å².